The average molecular weight is 227 g/mol. The van der Waals surface area contributed by atoms with Crippen molar-refractivity contribution in [3.8, 4) is 5.69 Å². The molecule has 1 aromatic carbocycles. The summed E-state index contributed by atoms with van der Waals surface area (Å²) in [6, 6.07) is 8.03. The van der Waals surface area contributed by atoms with E-state index in [1.165, 1.54) is 0 Å². The Balaban J connectivity index is 2.32. The van der Waals surface area contributed by atoms with Crippen molar-refractivity contribution in [1.82, 2.24) is 4.57 Å². The first kappa shape index (κ1) is 8.29. The highest BCUT2D eigenvalue weighted by molar-refractivity contribution is 5.41. The lowest BCUT2D eigenvalue weighted by molar-refractivity contribution is -0.602. The van der Waals surface area contributed by atoms with E-state index < -0.39 is 5.89 Å². The number of aryl methyl sites for hydroxylation is 1. The number of hydrogen-bond acceptors (Lipinski definition) is 0. The second kappa shape index (κ2) is 3.59. The van der Waals surface area contributed by atoms with E-state index in [0.29, 0.717) is 6.30 Å². The van der Waals surface area contributed by atoms with Gasteiger partial charge in [0.15, 0.2) is 7.06 Å². The van der Waals surface area contributed by atoms with Crippen molar-refractivity contribution in [2.45, 2.75) is 26.7 Å². The maximum Gasteiger partial charge on any atom is 0.254 e. The topological polar surface area (TPSA) is 8.81 Å². The fourth-order valence-electron chi connectivity index (χ4n) is 2.41. The molecule has 86 valence electrons. The fourth-order valence-corrected chi connectivity index (χ4v) is 2.41. The first-order valence-corrected chi connectivity index (χ1v) is 5.83. The summed E-state index contributed by atoms with van der Waals surface area (Å²) in [5, 5.41) is 0. The van der Waals surface area contributed by atoms with E-state index >= 15 is 0 Å². The van der Waals surface area contributed by atoms with Crippen LogP contribution in [0.15, 0.2) is 36.6 Å². The minimum atomic E-state index is -0.756. The Morgan fingerprint density at radius 3 is 2.82 bits per heavy atom. The first-order chi connectivity index (χ1) is 8.93. The Morgan fingerprint density at radius 1 is 1.35 bits per heavy atom. The van der Waals surface area contributed by atoms with Crippen molar-refractivity contribution in [3.05, 3.63) is 53.6 Å². The van der Waals surface area contributed by atoms with Gasteiger partial charge < -0.3 is 0 Å². The van der Waals surface area contributed by atoms with E-state index in [4.69, 9.17) is 2.74 Å². The van der Waals surface area contributed by atoms with Crippen LogP contribution in [0.3, 0.4) is 0 Å². The lowest BCUT2D eigenvalue weighted by Gasteiger charge is -2.03. The van der Waals surface area contributed by atoms with Crippen LogP contribution in [0.2, 0.25) is 0 Å². The third-order valence-corrected chi connectivity index (χ3v) is 3.33. The molecule has 17 heavy (non-hydrogen) atoms. The van der Waals surface area contributed by atoms with E-state index in [2.05, 4.69) is 0 Å². The van der Waals surface area contributed by atoms with Crippen LogP contribution in [0.1, 0.15) is 32.5 Å². The lowest BCUT2D eigenvalue weighted by atomic mass is 10.1. The zero-order valence-corrected chi connectivity index (χ0v) is 10.4. The largest absolute Gasteiger partial charge is 0.254 e. The zero-order valence-electron chi connectivity index (χ0n) is 12.4. The number of allylic oxidation sites excluding steroid dienone is 1. The van der Waals surface area contributed by atoms with E-state index in [1.54, 1.807) is 4.57 Å². The van der Waals surface area contributed by atoms with Gasteiger partial charge in [-0.3, -0.25) is 0 Å². The third kappa shape index (κ3) is 1.44. The molecule has 0 saturated carbocycles. The molecule has 1 atom stereocenters. The van der Waals surface area contributed by atoms with Gasteiger partial charge in [-0.2, -0.15) is 4.57 Å². The first-order valence-electron chi connectivity index (χ1n) is 6.83. The molecule has 2 heterocycles. The summed E-state index contributed by atoms with van der Waals surface area (Å²) in [6.45, 7) is 5.88. The fraction of sp³-hybridized carbons (Fsp3) is 0.267. The maximum absolute atomic E-state index is 8.35. The van der Waals surface area contributed by atoms with E-state index in [0.717, 1.165) is 22.6 Å². The second-order valence-corrected chi connectivity index (χ2v) is 4.52. The molecule has 0 radical (unpaired) electrons. The Hall–Kier alpha value is -1.83. The van der Waals surface area contributed by atoms with Crippen molar-refractivity contribution < 1.29 is 7.31 Å². The molecule has 1 unspecified atom stereocenters. The molecule has 0 N–H and O–H groups in total. The second-order valence-electron chi connectivity index (χ2n) is 4.52. The molecule has 2 nitrogen and oxygen atoms in total. The molecule has 0 amide bonds. The summed E-state index contributed by atoms with van der Waals surface area (Å²) in [6.07, 6.45) is 4.05. The van der Waals surface area contributed by atoms with Gasteiger partial charge in [0.1, 0.15) is 11.4 Å². The molecule has 2 heteroatoms. The normalized spacial score (nSPS) is 23.5. The van der Waals surface area contributed by atoms with Gasteiger partial charge in [0.25, 0.3) is 6.30 Å². The van der Waals surface area contributed by atoms with Crippen molar-refractivity contribution in [1.29, 1.82) is 0 Å². The zero-order chi connectivity index (χ0) is 13.8. The van der Waals surface area contributed by atoms with Crippen molar-refractivity contribution in [3.63, 3.8) is 0 Å². The Labute approximate surface area is 105 Å². The molecular formula is C15H17N2+. The molecule has 1 aromatic heterocycles. The van der Waals surface area contributed by atoms with Crippen LogP contribution in [0.4, 0.5) is 0 Å². The minimum absolute atomic E-state index is 0.397. The standard InChI is InChI=1S/C15H17N2/c1-11-6-4-5-7-14(11)17-10-16-9-8-12(2)15(16)13(17)3/h4-10,12H,1-3H3/q+1/i10D,12D. The van der Waals surface area contributed by atoms with Gasteiger partial charge in [-0.15, -0.1) is 0 Å². The number of imidazole rings is 1. The van der Waals surface area contributed by atoms with Crippen LogP contribution in [0.5, 0.6) is 0 Å². The number of nitrogens with zero attached hydrogens (tertiary/aromatic N) is 2. The van der Waals surface area contributed by atoms with Gasteiger partial charge in [-0.25, -0.2) is 4.57 Å². The van der Waals surface area contributed by atoms with Crippen LogP contribution >= 0.6 is 0 Å². The summed E-state index contributed by atoms with van der Waals surface area (Å²) in [4.78, 5) is 0. The van der Waals surface area contributed by atoms with E-state index in [-0.39, 0.29) is 0 Å². The minimum Gasteiger partial charge on any atom is -0.205 e. The Bertz CT molecular complexity index is 696. The molecule has 2 aromatic rings. The van der Waals surface area contributed by atoms with Crippen molar-refractivity contribution in [2.75, 3.05) is 0 Å². The van der Waals surface area contributed by atoms with Crippen LogP contribution in [-0.2, 0) is 0 Å². The predicted molar refractivity (Wildman–Crippen MR) is 69.2 cm³/mol. The molecule has 1 aliphatic rings. The Morgan fingerprint density at radius 2 is 2.12 bits per heavy atom. The maximum atomic E-state index is 8.35. The molecule has 0 bridgehead atoms. The smallest absolute Gasteiger partial charge is 0.205 e. The monoisotopic (exact) mass is 227 g/mol. The highest BCUT2D eigenvalue weighted by Gasteiger charge is 2.27. The molecule has 3 rings (SSSR count). The van der Waals surface area contributed by atoms with E-state index in [1.807, 2.05) is 61.9 Å². The Kier molecular flexibility index (Phi) is 1.75. The van der Waals surface area contributed by atoms with Gasteiger partial charge in [0.05, 0.1) is 6.20 Å². The SMILES string of the molecule is [2H]c1n2c(c(C)[n+]1-c1ccccc1C)C([2H])(C)C=C2. The number of benzene rings is 1. The molecule has 0 spiro atoms. The van der Waals surface area contributed by atoms with E-state index in [9.17, 15) is 0 Å². The summed E-state index contributed by atoms with van der Waals surface area (Å²) in [7, 11) is 0. The number of hydrogen-bond donors (Lipinski definition) is 0. The number of fused-ring (bicyclic) bond motifs is 1. The molecule has 1 aliphatic heterocycles. The molecular weight excluding hydrogens is 208 g/mol. The van der Waals surface area contributed by atoms with Gasteiger partial charge in [-0.05, 0) is 24.6 Å². The highest BCUT2D eigenvalue weighted by atomic mass is 15.2. The summed E-state index contributed by atoms with van der Waals surface area (Å²) in [5.74, 6) is -0.756. The van der Waals surface area contributed by atoms with Crippen molar-refractivity contribution >= 4 is 6.20 Å². The van der Waals surface area contributed by atoms with Gasteiger partial charge >= 0.3 is 0 Å². The number of aromatic nitrogens is 2. The summed E-state index contributed by atoms with van der Waals surface area (Å²) in [5.41, 5.74) is 3.97. The van der Waals surface area contributed by atoms with Crippen LogP contribution in [-0.4, -0.2) is 4.57 Å². The molecule has 0 fully saturated rings. The molecule has 0 saturated heterocycles. The number of rotatable bonds is 1. The summed E-state index contributed by atoms with van der Waals surface area (Å²) >= 11 is 0. The van der Waals surface area contributed by atoms with Gasteiger partial charge in [0, 0.05) is 14.2 Å². The lowest BCUT2D eigenvalue weighted by Crippen LogP contribution is -2.32. The average Bonchev–Trinajstić information content (AvgIpc) is 2.79. The van der Waals surface area contributed by atoms with Gasteiger partial charge in [0.2, 0.25) is 0 Å². The van der Waals surface area contributed by atoms with Crippen molar-refractivity contribution in [2.24, 2.45) is 0 Å². The number of para-hydroxylation sites is 1. The molecule has 0 aliphatic carbocycles. The van der Waals surface area contributed by atoms with Crippen LogP contribution < -0.4 is 4.57 Å². The predicted octanol–water partition coefficient (Wildman–Crippen LogP) is 2.97. The summed E-state index contributed by atoms with van der Waals surface area (Å²) < 4.78 is 20.4. The van der Waals surface area contributed by atoms with Crippen LogP contribution in [0.25, 0.3) is 11.9 Å². The van der Waals surface area contributed by atoms with Crippen LogP contribution in [0, 0.1) is 13.8 Å². The van der Waals surface area contributed by atoms with Gasteiger partial charge in [-0.1, -0.05) is 25.1 Å². The third-order valence-electron chi connectivity index (χ3n) is 3.33. The quantitative estimate of drug-likeness (QED) is 0.662. The highest BCUT2D eigenvalue weighted by Crippen LogP contribution is 2.26.